The second-order valence-electron chi connectivity index (χ2n) is 3.85. The van der Waals surface area contributed by atoms with Gasteiger partial charge in [0, 0.05) is 0 Å². The second kappa shape index (κ2) is 3.81. The molecule has 3 heteroatoms. The number of phenols is 1. The molecule has 1 aliphatic carbocycles. The van der Waals surface area contributed by atoms with Gasteiger partial charge in [0.2, 0.25) is 0 Å². The van der Waals surface area contributed by atoms with Crippen molar-refractivity contribution in [1.29, 1.82) is 0 Å². The van der Waals surface area contributed by atoms with Gasteiger partial charge in [0.25, 0.3) is 0 Å². The maximum Gasteiger partial charge on any atom is 0.175 e. The lowest BCUT2D eigenvalue weighted by Gasteiger charge is -2.10. The van der Waals surface area contributed by atoms with Gasteiger partial charge in [-0.1, -0.05) is 0 Å². The van der Waals surface area contributed by atoms with Crippen LogP contribution in [0.3, 0.4) is 0 Å². The number of hydrogen-bond donors (Lipinski definition) is 1. The van der Waals surface area contributed by atoms with Gasteiger partial charge in [0.1, 0.15) is 0 Å². The van der Waals surface area contributed by atoms with Crippen LogP contribution in [0.1, 0.15) is 18.4 Å². The predicted octanol–water partition coefficient (Wildman–Crippen LogP) is 3.25. The number of benzene rings is 1. The third kappa shape index (κ3) is 2.21. The SMILES string of the molecule is Cc1cc(O)c(OCC2CC2)c(Br)c1. The lowest BCUT2D eigenvalue weighted by Crippen LogP contribution is -1.99. The van der Waals surface area contributed by atoms with Gasteiger partial charge in [-0.05, 0) is 59.3 Å². The fourth-order valence-corrected chi connectivity index (χ4v) is 2.02. The van der Waals surface area contributed by atoms with Crippen molar-refractivity contribution < 1.29 is 9.84 Å². The smallest absolute Gasteiger partial charge is 0.175 e. The highest BCUT2D eigenvalue weighted by Crippen LogP contribution is 2.37. The van der Waals surface area contributed by atoms with Gasteiger partial charge in [0.05, 0.1) is 11.1 Å². The second-order valence-corrected chi connectivity index (χ2v) is 4.70. The molecule has 2 rings (SSSR count). The van der Waals surface area contributed by atoms with E-state index in [1.807, 2.05) is 13.0 Å². The van der Waals surface area contributed by atoms with Crippen molar-refractivity contribution in [3.8, 4) is 11.5 Å². The molecule has 0 aromatic heterocycles. The van der Waals surface area contributed by atoms with E-state index in [2.05, 4.69) is 15.9 Å². The molecule has 1 saturated carbocycles. The minimum absolute atomic E-state index is 0.220. The molecule has 0 aliphatic heterocycles. The number of aromatic hydroxyl groups is 1. The van der Waals surface area contributed by atoms with Gasteiger partial charge in [-0.25, -0.2) is 0 Å². The topological polar surface area (TPSA) is 29.5 Å². The van der Waals surface area contributed by atoms with Crippen LogP contribution in [-0.4, -0.2) is 11.7 Å². The summed E-state index contributed by atoms with van der Waals surface area (Å²) in [6.45, 7) is 2.66. The molecule has 1 aliphatic rings. The summed E-state index contributed by atoms with van der Waals surface area (Å²) in [4.78, 5) is 0. The van der Waals surface area contributed by atoms with E-state index < -0.39 is 0 Å². The fourth-order valence-electron chi connectivity index (χ4n) is 1.34. The predicted molar refractivity (Wildman–Crippen MR) is 58.8 cm³/mol. The van der Waals surface area contributed by atoms with Gasteiger partial charge in [-0.15, -0.1) is 0 Å². The van der Waals surface area contributed by atoms with Crippen molar-refractivity contribution in [1.82, 2.24) is 0 Å². The molecule has 0 bridgehead atoms. The van der Waals surface area contributed by atoms with Crippen molar-refractivity contribution in [2.75, 3.05) is 6.61 Å². The molecule has 0 radical (unpaired) electrons. The Balaban J connectivity index is 2.13. The Morgan fingerprint density at radius 3 is 2.79 bits per heavy atom. The maximum atomic E-state index is 9.65. The highest BCUT2D eigenvalue weighted by molar-refractivity contribution is 9.10. The summed E-state index contributed by atoms with van der Waals surface area (Å²) in [5, 5.41) is 9.65. The lowest BCUT2D eigenvalue weighted by atomic mass is 10.2. The molecule has 0 unspecified atom stereocenters. The van der Waals surface area contributed by atoms with E-state index >= 15 is 0 Å². The van der Waals surface area contributed by atoms with E-state index in [-0.39, 0.29) is 5.75 Å². The lowest BCUT2D eigenvalue weighted by molar-refractivity contribution is 0.282. The van der Waals surface area contributed by atoms with E-state index in [1.54, 1.807) is 6.07 Å². The van der Waals surface area contributed by atoms with Gasteiger partial charge >= 0.3 is 0 Å². The van der Waals surface area contributed by atoms with Crippen LogP contribution in [0.2, 0.25) is 0 Å². The molecule has 76 valence electrons. The first-order valence-corrected chi connectivity index (χ1v) is 5.58. The van der Waals surface area contributed by atoms with E-state index in [0.717, 1.165) is 16.6 Å². The molecule has 14 heavy (non-hydrogen) atoms. The van der Waals surface area contributed by atoms with Crippen molar-refractivity contribution in [2.24, 2.45) is 5.92 Å². The van der Waals surface area contributed by atoms with Crippen LogP contribution in [0.5, 0.6) is 11.5 Å². The zero-order chi connectivity index (χ0) is 10.1. The van der Waals surface area contributed by atoms with E-state index in [0.29, 0.717) is 11.7 Å². The first kappa shape index (κ1) is 9.84. The molecule has 1 aromatic carbocycles. The third-order valence-corrected chi connectivity index (χ3v) is 2.92. The van der Waals surface area contributed by atoms with Crippen LogP contribution in [0.15, 0.2) is 16.6 Å². The molecule has 0 spiro atoms. The molecule has 0 heterocycles. The summed E-state index contributed by atoms with van der Waals surface area (Å²) in [5.74, 6) is 1.49. The first-order chi connectivity index (χ1) is 6.66. The number of hydrogen-bond acceptors (Lipinski definition) is 2. The number of halogens is 1. The summed E-state index contributed by atoms with van der Waals surface area (Å²) in [6, 6.07) is 3.66. The maximum absolute atomic E-state index is 9.65. The van der Waals surface area contributed by atoms with Crippen LogP contribution < -0.4 is 4.74 Å². The Hall–Kier alpha value is -0.700. The number of aryl methyl sites for hydroxylation is 1. The molecule has 1 fully saturated rings. The minimum atomic E-state index is 0.220. The van der Waals surface area contributed by atoms with Crippen molar-refractivity contribution in [2.45, 2.75) is 19.8 Å². The summed E-state index contributed by atoms with van der Waals surface area (Å²) in [5.41, 5.74) is 1.02. The van der Waals surface area contributed by atoms with Crippen molar-refractivity contribution in [3.63, 3.8) is 0 Å². The Labute approximate surface area is 92.0 Å². The fraction of sp³-hybridized carbons (Fsp3) is 0.455. The number of phenolic OH excluding ortho intramolecular Hbond substituents is 1. The van der Waals surface area contributed by atoms with Crippen LogP contribution in [0.25, 0.3) is 0 Å². The monoisotopic (exact) mass is 256 g/mol. The zero-order valence-corrected chi connectivity index (χ0v) is 9.67. The molecule has 0 atom stereocenters. The molecule has 1 aromatic rings. The largest absolute Gasteiger partial charge is 0.504 e. The number of ether oxygens (including phenoxy) is 1. The Morgan fingerprint density at radius 2 is 2.21 bits per heavy atom. The van der Waals surface area contributed by atoms with Crippen LogP contribution >= 0.6 is 15.9 Å². The quantitative estimate of drug-likeness (QED) is 0.900. The van der Waals surface area contributed by atoms with Gasteiger partial charge in [-0.3, -0.25) is 0 Å². The summed E-state index contributed by atoms with van der Waals surface area (Å²) < 4.78 is 6.38. The van der Waals surface area contributed by atoms with Crippen LogP contribution in [0, 0.1) is 12.8 Å². The average molecular weight is 257 g/mol. The Kier molecular flexibility index (Phi) is 2.68. The highest BCUT2D eigenvalue weighted by atomic mass is 79.9. The molecule has 1 N–H and O–H groups in total. The number of rotatable bonds is 3. The molecular weight excluding hydrogens is 244 g/mol. The van der Waals surface area contributed by atoms with Crippen molar-refractivity contribution >= 4 is 15.9 Å². The third-order valence-electron chi connectivity index (χ3n) is 2.33. The van der Waals surface area contributed by atoms with E-state index in [4.69, 9.17) is 4.74 Å². The standard InChI is InChI=1S/C11H13BrO2/c1-7-4-9(12)11(10(13)5-7)14-6-8-2-3-8/h4-5,8,13H,2-3,6H2,1H3. The molecule has 2 nitrogen and oxygen atoms in total. The van der Waals surface area contributed by atoms with Crippen LogP contribution in [-0.2, 0) is 0 Å². The zero-order valence-electron chi connectivity index (χ0n) is 8.09. The normalized spacial score (nSPS) is 15.6. The Morgan fingerprint density at radius 1 is 1.50 bits per heavy atom. The first-order valence-electron chi connectivity index (χ1n) is 4.78. The van der Waals surface area contributed by atoms with Crippen molar-refractivity contribution in [3.05, 3.63) is 22.2 Å². The van der Waals surface area contributed by atoms with E-state index in [9.17, 15) is 5.11 Å². The average Bonchev–Trinajstić information content (AvgIpc) is 2.85. The molecule has 0 saturated heterocycles. The summed E-state index contributed by atoms with van der Waals surface area (Å²) in [7, 11) is 0. The summed E-state index contributed by atoms with van der Waals surface area (Å²) in [6.07, 6.45) is 2.51. The Bertz CT molecular complexity index is 322. The van der Waals surface area contributed by atoms with Gasteiger partial charge < -0.3 is 9.84 Å². The van der Waals surface area contributed by atoms with Gasteiger partial charge in [0.15, 0.2) is 11.5 Å². The van der Waals surface area contributed by atoms with E-state index in [1.165, 1.54) is 12.8 Å². The molecule has 0 amide bonds. The van der Waals surface area contributed by atoms with Gasteiger partial charge in [-0.2, -0.15) is 0 Å². The minimum Gasteiger partial charge on any atom is -0.504 e. The van der Waals surface area contributed by atoms with Crippen LogP contribution in [0.4, 0.5) is 0 Å². The summed E-state index contributed by atoms with van der Waals surface area (Å²) >= 11 is 3.38. The molecular formula is C11H13BrO2. The highest BCUT2D eigenvalue weighted by Gasteiger charge is 2.23.